The molecule has 1 heterocycles. The van der Waals surface area contributed by atoms with Gasteiger partial charge in [0.2, 0.25) is 0 Å². The van der Waals surface area contributed by atoms with Gasteiger partial charge in [-0.2, -0.15) is 0 Å². The highest BCUT2D eigenvalue weighted by Crippen LogP contribution is 2.07. The fraction of sp³-hybridized carbons (Fsp3) is 0.947. The second-order valence-corrected chi connectivity index (χ2v) is 8.35. The Morgan fingerprint density at radius 2 is 1.46 bits per heavy atom. The highest BCUT2D eigenvalue weighted by molar-refractivity contribution is 5.67. The fourth-order valence-corrected chi connectivity index (χ4v) is 3.06. The van der Waals surface area contributed by atoms with Gasteiger partial charge in [0.15, 0.2) is 0 Å². The Hall–Kier alpha value is -0.810. The van der Waals surface area contributed by atoms with E-state index in [1.807, 2.05) is 4.90 Å². The van der Waals surface area contributed by atoms with Gasteiger partial charge in [-0.25, -0.2) is 4.79 Å². The van der Waals surface area contributed by atoms with Gasteiger partial charge < -0.3 is 14.5 Å². The molecule has 1 aliphatic rings. The maximum Gasteiger partial charge on any atom is 0.409 e. The maximum absolute atomic E-state index is 12.0. The normalized spacial score (nSPS) is 16.7. The number of rotatable bonds is 9. The second-order valence-electron chi connectivity index (χ2n) is 8.35. The SMILES string of the molecule is CC(C)COC(=O)N1CCN(CCN(CC(C)C)CC(C)C)CC1. The topological polar surface area (TPSA) is 36.0 Å². The summed E-state index contributed by atoms with van der Waals surface area (Å²) in [5.41, 5.74) is 0. The van der Waals surface area contributed by atoms with E-state index in [2.05, 4.69) is 51.3 Å². The minimum atomic E-state index is -0.149. The molecule has 0 N–H and O–H groups in total. The number of nitrogens with zero attached hydrogens (tertiary/aromatic N) is 3. The zero-order valence-corrected chi connectivity index (χ0v) is 16.8. The molecule has 0 spiro atoms. The van der Waals surface area contributed by atoms with Gasteiger partial charge in [-0.05, 0) is 17.8 Å². The third-order valence-electron chi connectivity index (χ3n) is 4.15. The summed E-state index contributed by atoms with van der Waals surface area (Å²) in [4.78, 5) is 18.9. The highest BCUT2D eigenvalue weighted by Gasteiger charge is 2.22. The van der Waals surface area contributed by atoms with E-state index >= 15 is 0 Å². The molecule has 24 heavy (non-hydrogen) atoms. The Kier molecular flexibility index (Phi) is 9.67. The lowest BCUT2D eigenvalue weighted by atomic mass is 10.1. The molecule has 0 bridgehead atoms. The Morgan fingerprint density at radius 1 is 0.917 bits per heavy atom. The Labute approximate surface area is 149 Å². The largest absolute Gasteiger partial charge is 0.449 e. The number of carbonyl (C=O) groups is 1. The molecule has 1 amide bonds. The maximum atomic E-state index is 12.0. The van der Waals surface area contributed by atoms with E-state index in [1.54, 1.807) is 0 Å². The van der Waals surface area contributed by atoms with E-state index in [9.17, 15) is 4.79 Å². The first-order valence-electron chi connectivity index (χ1n) is 9.64. The summed E-state index contributed by atoms with van der Waals surface area (Å²) in [5.74, 6) is 1.80. The lowest BCUT2D eigenvalue weighted by Crippen LogP contribution is -2.50. The zero-order chi connectivity index (χ0) is 18.1. The number of ether oxygens (including phenoxy) is 1. The standard InChI is InChI=1S/C19H39N3O2/c1-16(2)13-21(14-17(3)4)8-7-20-9-11-22(12-10-20)19(23)24-15-18(5)6/h16-18H,7-15H2,1-6H3. The molecule has 1 saturated heterocycles. The van der Waals surface area contributed by atoms with E-state index in [4.69, 9.17) is 4.74 Å². The van der Waals surface area contributed by atoms with Crippen LogP contribution in [0.4, 0.5) is 4.79 Å². The van der Waals surface area contributed by atoms with Crippen LogP contribution in [0.5, 0.6) is 0 Å². The summed E-state index contributed by atoms with van der Waals surface area (Å²) in [5, 5.41) is 0. The lowest BCUT2D eigenvalue weighted by molar-refractivity contribution is 0.0656. The molecule has 1 aliphatic heterocycles. The van der Waals surface area contributed by atoms with Crippen molar-refractivity contribution >= 4 is 6.09 Å². The van der Waals surface area contributed by atoms with Gasteiger partial charge in [-0.1, -0.05) is 41.5 Å². The molecule has 1 fully saturated rings. The van der Waals surface area contributed by atoms with Crippen LogP contribution in [-0.2, 0) is 4.74 Å². The molecule has 0 saturated carbocycles. The number of piperazine rings is 1. The summed E-state index contributed by atoms with van der Waals surface area (Å²) in [6.45, 7) is 21.8. The second kappa shape index (κ2) is 10.9. The molecule has 0 radical (unpaired) electrons. The van der Waals surface area contributed by atoms with Crippen LogP contribution in [0.3, 0.4) is 0 Å². The molecule has 0 aromatic heterocycles. The van der Waals surface area contributed by atoms with Crippen molar-refractivity contribution in [1.82, 2.24) is 14.7 Å². The molecule has 0 aromatic rings. The average molecular weight is 342 g/mol. The number of amides is 1. The molecular formula is C19H39N3O2. The van der Waals surface area contributed by atoms with E-state index in [0.29, 0.717) is 24.4 Å². The Morgan fingerprint density at radius 3 is 1.92 bits per heavy atom. The van der Waals surface area contributed by atoms with Crippen LogP contribution < -0.4 is 0 Å². The van der Waals surface area contributed by atoms with Crippen molar-refractivity contribution in [2.75, 3.05) is 59.0 Å². The summed E-state index contributed by atoms with van der Waals surface area (Å²) >= 11 is 0. The van der Waals surface area contributed by atoms with Gasteiger partial charge in [-0.15, -0.1) is 0 Å². The Bertz CT molecular complexity index is 341. The van der Waals surface area contributed by atoms with Crippen molar-refractivity contribution in [2.24, 2.45) is 17.8 Å². The van der Waals surface area contributed by atoms with E-state index in [0.717, 1.165) is 39.3 Å². The van der Waals surface area contributed by atoms with Gasteiger partial charge in [0.25, 0.3) is 0 Å². The zero-order valence-electron chi connectivity index (χ0n) is 16.8. The predicted octanol–water partition coefficient (Wildman–Crippen LogP) is 3.01. The monoisotopic (exact) mass is 341 g/mol. The van der Waals surface area contributed by atoms with Crippen molar-refractivity contribution < 1.29 is 9.53 Å². The minimum Gasteiger partial charge on any atom is -0.449 e. The van der Waals surface area contributed by atoms with Crippen LogP contribution in [0.25, 0.3) is 0 Å². The van der Waals surface area contributed by atoms with Gasteiger partial charge in [-0.3, -0.25) is 4.90 Å². The molecule has 0 aromatic carbocycles. The van der Waals surface area contributed by atoms with Gasteiger partial charge in [0.1, 0.15) is 0 Å². The first-order valence-corrected chi connectivity index (χ1v) is 9.64. The molecular weight excluding hydrogens is 302 g/mol. The van der Waals surface area contributed by atoms with Crippen molar-refractivity contribution in [3.05, 3.63) is 0 Å². The van der Waals surface area contributed by atoms with Crippen molar-refractivity contribution in [3.63, 3.8) is 0 Å². The van der Waals surface area contributed by atoms with Gasteiger partial charge in [0.05, 0.1) is 6.61 Å². The Balaban J connectivity index is 2.30. The molecule has 142 valence electrons. The van der Waals surface area contributed by atoms with E-state index in [-0.39, 0.29) is 6.09 Å². The molecule has 1 rings (SSSR count). The minimum absolute atomic E-state index is 0.149. The number of hydrogen-bond donors (Lipinski definition) is 0. The molecule has 5 nitrogen and oxygen atoms in total. The van der Waals surface area contributed by atoms with Crippen molar-refractivity contribution in [3.8, 4) is 0 Å². The predicted molar refractivity (Wildman–Crippen MR) is 100 cm³/mol. The van der Waals surface area contributed by atoms with E-state index in [1.165, 1.54) is 13.1 Å². The van der Waals surface area contributed by atoms with E-state index < -0.39 is 0 Å². The summed E-state index contributed by atoms with van der Waals surface area (Å²) in [6.07, 6.45) is -0.149. The summed E-state index contributed by atoms with van der Waals surface area (Å²) in [7, 11) is 0. The smallest absolute Gasteiger partial charge is 0.409 e. The highest BCUT2D eigenvalue weighted by atomic mass is 16.6. The van der Waals surface area contributed by atoms with Crippen LogP contribution in [0.15, 0.2) is 0 Å². The molecule has 0 atom stereocenters. The third kappa shape index (κ3) is 8.88. The first kappa shape index (κ1) is 21.2. The average Bonchev–Trinajstić information content (AvgIpc) is 2.49. The lowest BCUT2D eigenvalue weighted by Gasteiger charge is -2.36. The third-order valence-corrected chi connectivity index (χ3v) is 4.15. The molecule has 0 unspecified atom stereocenters. The number of hydrogen-bond acceptors (Lipinski definition) is 4. The van der Waals surface area contributed by atoms with Crippen LogP contribution in [0, 0.1) is 17.8 Å². The van der Waals surface area contributed by atoms with Crippen LogP contribution in [0.1, 0.15) is 41.5 Å². The summed E-state index contributed by atoms with van der Waals surface area (Å²) < 4.78 is 5.32. The quantitative estimate of drug-likeness (QED) is 0.646. The summed E-state index contributed by atoms with van der Waals surface area (Å²) in [6, 6.07) is 0. The number of carbonyl (C=O) groups excluding carboxylic acids is 1. The fourth-order valence-electron chi connectivity index (χ4n) is 3.06. The first-order chi connectivity index (χ1) is 11.3. The van der Waals surface area contributed by atoms with Crippen LogP contribution >= 0.6 is 0 Å². The van der Waals surface area contributed by atoms with Crippen molar-refractivity contribution in [1.29, 1.82) is 0 Å². The van der Waals surface area contributed by atoms with Crippen molar-refractivity contribution in [2.45, 2.75) is 41.5 Å². The van der Waals surface area contributed by atoms with Crippen LogP contribution in [-0.4, -0.2) is 79.8 Å². The van der Waals surface area contributed by atoms with Crippen LogP contribution in [0.2, 0.25) is 0 Å². The van der Waals surface area contributed by atoms with Gasteiger partial charge in [0, 0.05) is 52.4 Å². The molecule has 5 heteroatoms. The van der Waals surface area contributed by atoms with Gasteiger partial charge >= 0.3 is 6.09 Å². The molecule has 0 aliphatic carbocycles.